The zero-order valence-electron chi connectivity index (χ0n) is 11.4. The maximum Gasteiger partial charge on any atom is 0.305 e. The van der Waals surface area contributed by atoms with Gasteiger partial charge in [0.1, 0.15) is 5.75 Å². The fourth-order valence-electron chi connectivity index (χ4n) is 1.71. The summed E-state index contributed by atoms with van der Waals surface area (Å²) in [7, 11) is 1.62. The monoisotopic (exact) mass is 285 g/mol. The fraction of sp³-hybridized carbons (Fsp3) is 0.500. The molecule has 19 heavy (non-hydrogen) atoms. The molecule has 1 aromatic carbocycles. The molecule has 0 radical (unpaired) electrons. The van der Waals surface area contributed by atoms with E-state index < -0.39 is 0 Å². The van der Waals surface area contributed by atoms with E-state index >= 15 is 0 Å². The SMILES string of the molecule is CCOC(=O)CCCNCc1c(Cl)cccc1OC. The van der Waals surface area contributed by atoms with E-state index in [-0.39, 0.29) is 5.97 Å². The standard InChI is InChI=1S/C14H20ClNO3/c1-3-19-14(17)8-5-9-16-10-11-12(15)6-4-7-13(11)18-2/h4,6-7,16H,3,5,8-10H2,1-2H3. The Morgan fingerprint density at radius 2 is 2.21 bits per heavy atom. The maximum atomic E-state index is 11.1. The molecule has 0 aromatic heterocycles. The lowest BCUT2D eigenvalue weighted by Crippen LogP contribution is -2.17. The molecule has 0 unspecified atom stereocenters. The van der Waals surface area contributed by atoms with Crippen molar-refractivity contribution in [3.8, 4) is 5.75 Å². The van der Waals surface area contributed by atoms with Crippen molar-refractivity contribution in [2.75, 3.05) is 20.3 Å². The Hall–Kier alpha value is -1.26. The van der Waals surface area contributed by atoms with Crippen LogP contribution in [0.15, 0.2) is 18.2 Å². The summed E-state index contributed by atoms with van der Waals surface area (Å²) in [6.45, 7) is 3.59. The highest BCUT2D eigenvalue weighted by Crippen LogP contribution is 2.25. The Balaban J connectivity index is 2.32. The van der Waals surface area contributed by atoms with E-state index in [9.17, 15) is 4.79 Å². The third-order valence-corrected chi connectivity index (χ3v) is 2.99. The molecule has 0 saturated carbocycles. The Morgan fingerprint density at radius 3 is 2.89 bits per heavy atom. The summed E-state index contributed by atoms with van der Waals surface area (Å²) in [5.74, 6) is 0.616. The smallest absolute Gasteiger partial charge is 0.305 e. The topological polar surface area (TPSA) is 47.6 Å². The molecule has 1 rings (SSSR count). The van der Waals surface area contributed by atoms with Gasteiger partial charge in [-0.1, -0.05) is 17.7 Å². The molecule has 1 aromatic rings. The Morgan fingerprint density at radius 1 is 1.42 bits per heavy atom. The summed E-state index contributed by atoms with van der Waals surface area (Å²) in [5, 5.41) is 3.92. The van der Waals surface area contributed by atoms with Crippen molar-refractivity contribution < 1.29 is 14.3 Å². The molecule has 0 aliphatic heterocycles. The van der Waals surface area contributed by atoms with Gasteiger partial charge in [0, 0.05) is 23.6 Å². The third-order valence-electron chi connectivity index (χ3n) is 2.64. The van der Waals surface area contributed by atoms with E-state index in [4.69, 9.17) is 21.1 Å². The molecule has 0 amide bonds. The number of methoxy groups -OCH3 is 1. The largest absolute Gasteiger partial charge is 0.496 e. The van der Waals surface area contributed by atoms with Crippen LogP contribution in [0.1, 0.15) is 25.3 Å². The van der Waals surface area contributed by atoms with Crippen molar-refractivity contribution in [1.29, 1.82) is 0 Å². The number of hydrogen-bond acceptors (Lipinski definition) is 4. The predicted molar refractivity (Wildman–Crippen MR) is 75.6 cm³/mol. The van der Waals surface area contributed by atoms with E-state index in [1.165, 1.54) is 0 Å². The summed E-state index contributed by atoms with van der Waals surface area (Å²) in [6, 6.07) is 5.56. The third kappa shape index (κ3) is 5.49. The van der Waals surface area contributed by atoms with Gasteiger partial charge in [0.05, 0.1) is 13.7 Å². The molecule has 5 heteroatoms. The van der Waals surface area contributed by atoms with E-state index in [0.29, 0.717) is 24.6 Å². The van der Waals surface area contributed by atoms with Gasteiger partial charge < -0.3 is 14.8 Å². The highest BCUT2D eigenvalue weighted by atomic mass is 35.5. The Labute approximate surface area is 119 Å². The lowest BCUT2D eigenvalue weighted by Gasteiger charge is -2.11. The molecule has 0 heterocycles. The van der Waals surface area contributed by atoms with E-state index in [0.717, 1.165) is 24.3 Å². The van der Waals surface area contributed by atoms with Crippen molar-refractivity contribution in [2.45, 2.75) is 26.3 Å². The number of nitrogens with one attached hydrogen (secondary N) is 1. The number of ether oxygens (including phenoxy) is 2. The number of carbonyl (C=O) groups is 1. The van der Waals surface area contributed by atoms with Crippen LogP contribution in [0.2, 0.25) is 5.02 Å². The first kappa shape index (κ1) is 15.8. The van der Waals surface area contributed by atoms with Gasteiger partial charge in [0.2, 0.25) is 0 Å². The predicted octanol–water partition coefficient (Wildman–Crippen LogP) is 2.78. The maximum absolute atomic E-state index is 11.1. The van der Waals surface area contributed by atoms with Gasteiger partial charge in [0.25, 0.3) is 0 Å². The average molecular weight is 286 g/mol. The van der Waals surface area contributed by atoms with E-state index in [2.05, 4.69) is 5.32 Å². The zero-order chi connectivity index (χ0) is 14.1. The van der Waals surface area contributed by atoms with E-state index in [1.807, 2.05) is 18.2 Å². The molecule has 0 fully saturated rings. The van der Waals surface area contributed by atoms with Crippen LogP contribution in [0.5, 0.6) is 5.75 Å². The molecule has 1 N–H and O–H groups in total. The number of halogens is 1. The molecule has 4 nitrogen and oxygen atoms in total. The van der Waals surface area contributed by atoms with Gasteiger partial charge in [0.15, 0.2) is 0 Å². The summed E-state index contributed by atoms with van der Waals surface area (Å²) in [4.78, 5) is 11.1. The van der Waals surface area contributed by atoms with Gasteiger partial charge in [-0.2, -0.15) is 0 Å². The molecule has 0 aliphatic rings. The normalized spacial score (nSPS) is 10.3. The summed E-state index contributed by atoms with van der Waals surface area (Å²) in [6.07, 6.45) is 1.17. The summed E-state index contributed by atoms with van der Waals surface area (Å²) in [5.41, 5.74) is 0.933. The highest BCUT2D eigenvalue weighted by Gasteiger charge is 2.07. The van der Waals surface area contributed by atoms with E-state index in [1.54, 1.807) is 14.0 Å². The average Bonchev–Trinajstić information content (AvgIpc) is 2.40. The van der Waals surface area contributed by atoms with Crippen molar-refractivity contribution in [3.63, 3.8) is 0 Å². The molecule has 0 atom stereocenters. The van der Waals surface area contributed by atoms with Crippen LogP contribution in [-0.4, -0.2) is 26.2 Å². The van der Waals surface area contributed by atoms with Gasteiger partial charge in [-0.25, -0.2) is 0 Å². The van der Waals surface area contributed by atoms with Crippen molar-refractivity contribution in [1.82, 2.24) is 5.32 Å². The lowest BCUT2D eigenvalue weighted by molar-refractivity contribution is -0.143. The molecule has 0 aliphatic carbocycles. The van der Waals surface area contributed by atoms with Gasteiger partial charge in [-0.15, -0.1) is 0 Å². The van der Waals surface area contributed by atoms with Crippen molar-refractivity contribution >= 4 is 17.6 Å². The minimum atomic E-state index is -0.153. The minimum absolute atomic E-state index is 0.153. The molecule has 0 spiro atoms. The first-order valence-electron chi connectivity index (χ1n) is 6.36. The zero-order valence-corrected chi connectivity index (χ0v) is 12.1. The molecular weight excluding hydrogens is 266 g/mol. The van der Waals surface area contributed by atoms with Crippen LogP contribution in [0.4, 0.5) is 0 Å². The van der Waals surface area contributed by atoms with Crippen LogP contribution in [0, 0.1) is 0 Å². The second kappa shape index (κ2) is 8.77. The quantitative estimate of drug-likeness (QED) is 0.589. The minimum Gasteiger partial charge on any atom is -0.496 e. The van der Waals surface area contributed by atoms with Crippen LogP contribution < -0.4 is 10.1 Å². The van der Waals surface area contributed by atoms with Crippen molar-refractivity contribution in [2.24, 2.45) is 0 Å². The fourth-order valence-corrected chi connectivity index (χ4v) is 1.94. The van der Waals surface area contributed by atoms with Crippen LogP contribution in [-0.2, 0) is 16.1 Å². The first-order valence-corrected chi connectivity index (χ1v) is 6.74. The molecule has 0 saturated heterocycles. The summed E-state index contributed by atoms with van der Waals surface area (Å²) >= 11 is 6.12. The number of esters is 1. The highest BCUT2D eigenvalue weighted by molar-refractivity contribution is 6.31. The number of benzene rings is 1. The lowest BCUT2D eigenvalue weighted by atomic mass is 10.2. The number of carbonyl (C=O) groups excluding carboxylic acids is 1. The second-order valence-electron chi connectivity index (χ2n) is 4.01. The van der Waals surface area contributed by atoms with Gasteiger partial charge >= 0.3 is 5.97 Å². The number of hydrogen-bond donors (Lipinski definition) is 1. The van der Waals surface area contributed by atoms with Gasteiger partial charge in [-0.05, 0) is 32.0 Å². The van der Waals surface area contributed by atoms with Crippen LogP contribution in [0.3, 0.4) is 0 Å². The van der Waals surface area contributed by atoms with Crippen LogP contribution in [0.25, 0.3) is 0 Å². The second-order valence-corrected chi connectivity index (χ2v) is 4.41. The Bertz CT molecular complexity index is 410. The van der Waals surface area contributed by atoms with Crippen molar-refractivity contribution in [3.05, 3.63) is 28.8 Å². The summed E-state index contributed by atoms with van der Waals surface area (Å²) < 4.78 is 10.1. The number of rotatable bonds is 8. The Kier molecular flexibility index (Phi) is 7.30. The van der Waals surface area contributed by atoms with Crippen LogP contribution >= 0.6 is 11.6 Å². The molecular formula is C14H20ClNO3. The first-order chi connectivity index (χ1) is 9.19. The van der Waals surface area contributed by atoms with Gasteiger partial charge in [-0.3, -0.25) is 4.79 Å². The molecule has 0 bridgehead atoms. The molecule has 106 valence electrons.